The number of alkyl halides is 1. The van der Waals surface area contributed by atoms with Gasteiger partial charge in [-0.25, -0.2) is 0 Å². The summed E-state index contributed by atoms with van der Waals surface area (Å²) < 4.78 is 12.1. The second-order valence-electron chi connectivity index (χ2n) is 3.68. The van der Waals surface area contributed by atoms with E-state index >= 15 is 0 Å². The van der Waals surface area contributed by atoms with Crippen molar-refractivity contribution in [3.8, 4) is 0 Å². The monoisotopic (exact) mass is 266 g/mol. The van der Waals surface area contributed by atoms with Gasteiger partial charge in [0, 0.05) is 30.8 Å². The van der Waals surface area contributed by atoms with E-state index in [9.17, 15) is 4.39 Å². The molecule has 0 saturated carbocycles. The van der Waals surface area contributed by atoms with Crippen LogP contribution in [0.1, 0.15) is 18.0 Å². The lowest BCUT2D eigenvalue weighted by Crippen LogP contribution is -2.13. The van der Waals surface area contributed by atoms with Crippen LogP contribution >= 0.6 is 24.0 Å². The van der Waals surface area contributed by atoms with Gasteiger partial charge < -0.3 is 10.6 Å². The molecule has 2 nitrogen and oxygen atoms in total. The van der Waals surface area contributed by atoms with Crippen molar-refractivity contribution >= 4 is 29.7 Å². The lowest BCUT2D eigenvalue weighted by atomic mass is 10.0. The smallest absolute Gasteiger partial charge is 0.0912 e. The molecule has 0 aliphatic rings. The molecule has 0 aliphatic carbocycles. The summed E-state index contributed by atoms with van der Waals surface area (Å²) in [4.78, 5) is 1.95. The lowest BCUT2D eigenvalue weighted by Gasteiger charge is -2.16. The molecule has 0 unspecified atom stereocenters. The quantitative estimate of drug-likeness (QED) is 0.907. The molecule has 0 bridgehead atoms. The molecule has 0 fully saturated rings. The van der Waals surface area contributed by atoms with Crippen molar-refractivity contribution in [1.29, 1.82) is 0 Å². The normalized spacial score (nSPS) is 11.8. The first-order chi connectivity index (χ1) is 7.06. The fraction of sp³-hybridized carbons (Fsp3) is 0.455. The Hall–Kier alpha value is -0.510. The van der Waals surface area contributed by atoms with Gasteiger partial charge in [-0.2, -0.15) is 0 Å². The molecule has 16 heavy (non-hydrogen) atoms. The Morgan fingerprint density at radius 1 is 1.44 bits per heavy atom. The number of hydrogen-bond donors (Lipinski definition) is 1. The molecule has 0 aliphatic heterocycles. The highest BCUT2D eigenvalue weighted by atomic mass is 35.5. The zero-order valence-corrected chi connectivity index (χ0v) is 11.0. The van der Waals surface area contributed by atoms with Crippen LogP contribution in [0.4, 0.5) is 10.1 Å². The number of halogens is 3. The second-order valence-corrected chi connectivity index (χ2v) is 4.09. The van der Waals surface area contributed by atoms with Crippen molar-refractivity contribution in [3.05, 3.63) is 28.8 Å². The van der Waals surface area contributed by atoms with Crippen molar-refractivity contribution in [3.63, 3.8) is 0 Å². The van der Waals surface area contributed by atoms with E-state index in [-0.39, 0.29) is 18.4 Å². The molecular weight excluding hydrogens is 250 g/mol. The third-order valence-electron chi connectivity index (χ3n) is 2.32. The fourth-order valence-corrected chi connectivity index (χ4v) is 1.68. The summed E-state index contributed by atoms with van der Waals surface area (Å²) in [6, 6.07) is 5.31. The minimum absolute atomic E-state index is 0. The number of rotatable bonds is 4. The topological polar surface area (TPSA) is 29.3 Å². The molecular formula is C11H17Cl2FN2. The van der Waals surface area contributed by atoms with Crippen LogP contribution in [0.3, 0.4) is 0 Å². The SMILES string of the molecule is CN(C)c1ccc([C@@H](N)CCF)c(Cl)c1.Cl. The van der Waals surface area contributed by atoms with Gasteiger partial charge in [0.15, 0.2) is 0 Å². The van der Waals surface area contributed by atoms with Gasteiger partial charge in [-0.05, 0) is 24.1 Å². The highest BCUT2D eigenvalue weighted by Gasteiger charge is 2.10. The maximum Gasteiger partial charge on any atom is 0.0912 e. The average molecular weight is 267 g/mol. The second kappa shape index (κ2) is 6.94. The minimum atomic E-state index is -0.424. The van der Waals surface area contributed by atoms with Crippen molar-refractivity contribution in [2.45, 2.75) is 12.5 Å². The molecule has 2 N–H and O–H groups in total. The predicted octanol–water partition coefficient (Wildman–Crippen LogP) is 3.19. The first kappa shape index (κ1) is 15.5. The zero-order valence-electron chi connectivity index (χ0n) is 9.41. The Bertz CT molecular complexity index is 332. The average Bonchev–Trinajstić information content (AvgIpc) is 2.17. The fourth-order valence-electron chi connectivity index (χ4n) is 1.37. The maximum atomic E-state index is 12.1. The summed E-state index contributed by atoms with van der Waals surface area (Å²) in [5.41, 5.74) is 7.61. The third kappa shape index (κ3) is 3.81. The van der Waals surface area contributed by atoms with Crippen LogP contribution in [0, 0.1) is 0 Å². The van der Waals surface area contributed by atoms with Gasteiger partial charge in [0.2, 0.25) is 0 Å². The molecule has 92 valence electrons. The first-order valence-electron chi connectivity index (χ1n) is 4.84. The van der Waals surface area contributed by atoms with E-state index in [0.29, 0.717) is 11.4 Å². The predicted molar refractivity (Wildman–Crippen MR) is 70.5 cm³/mol. The zero-order chi connectivity index (χ0) is 11.4. The maximum absolute atomic E-state index is 12.1. The first-order valence-corrected chi connectivity index (χ1v) is 5.22. The minimum Gasteiger partial charge on any atom is -0.378 e. The van der Waals surface area contributed by atoms with Gasteiger partial charge in [-0.1, -0.05) is 17.7 Å². The Labute approximate surface area is 107 Å². The van der Waals surface area contributed by atoms with E-state index in [4.69, 9.17) is 17.3 Å². The molecule has 0 saturated heterocycles. The molecule has 1 aromatic rings. The summed E-state index contributed by atoms with van der Waals surface area (Å²) in [7, 11) is 3.87. The Balaban J connectivity index is 0.00000225. The van der Waals surface area contributed by atoms with Crippen molar-refractivity contribution in [1.82, 2.24) is 0 Å². The van der Waals surface area contributed by atoms with E-state index in [1.54, 1.807) is 0 Å². The number of benzene rings is 1. The molecule has 1 atom stereocenters. The van der Waals surface area contributed by atoms with Crippen LogP contribution in [-0.4, -0.2) is 20.8 Å². The Kier molecular flexibility index (Phi) is 6.72. The van der Waals surface area contributed by atoms with Crippen LogP contribution in [0.2, 0.25) is 5.02 Å². The number of hydrogen-bond acceptors (Lipinski definition) is 2. The molecule has 0 aromatic heterocycles. The molecule has 0 radical (unpaired) electrons. The molecule has 0 spiro atoms. The number of nitrogens with two attached hydrogens (primary N) is 1. The van der Waals surface area contributed by atoms with E-state index in [1.807, 2.05) is 37.2 Å². The van der Waals surface area contributed by atoms with Crippen LogP contribution in [-0.2, 0) is 0 Å². The van der Waals surface area contributed by atoms with Crippen molar-refractivity contribution in [2.24, 2.45) is 5.73 Å². The number of anilines is 1. The van der Waals surface area contributed by atoms with E-state index in [1.165, 1.54) is 0 Å². The van der Waals surface area contributed by atoms with Gasteiger partial charge in [-0.3, -0.25) is 4.39 Å². The largest absolute Gasteiger partial charge is 0.378 e. The van der Waals surface area contributed by atoms with Crippen LogP contribution in [0.15, 0.2) is 18.2 Å². The van der Waals surface area contributed by atoms with E-state index in [2.05, 4.69) is 0 Å². The van der Waals surface area contributed by atoms with Gasteiger partial charge in [0.25, 0.3) is 0 Å². The van der Waals surface area contributed by atoms with E-state index in [0.717, 1.165) is 11.3 Å². The van der Waals surface area contributed by atoms with Gasteiger partial charge in [0.05, 0.1) is 6.67 Å². The lowest BCUT2D eigenvalue weighted by molar-refractivity contribution is 0.442. The molecule has 1 rings (SSSR count). The Morgan fingerprint density at radius 2 is 2.06 bits per heavy atom. The van der Waals surface area contributed by atoms with Gasteiger partial charge >= 0.3 is 0 Å². The van der Waals surface area contributed by atoms with Gasteiger partial charge in [-0.15, -0.1) is 12.4 Å². The third-order valence-corrected chi connectivity index (χ3v) is 2.65. The van der Waals surface area contributed by atoms with Crippen LogP contribution in [0.25, 0.3) is 0 Å². The highest BCUT2D eigenvalue weighted by molar-refractivity contribution is 6.31. The van der Waals surface area contributed by atoms with Crippen LogP contribution < -0.4 is 10.6 Å². The standard InChI is InChI=1S/C11H16ClFN2.ClH/c1-15(2)8-3-4-9(10(12)7-8)11(14)5-6-13;/h3-4,7,11H,5-6,14H2,1-2H3;1H/t11-;/m0./s1. The van der Waals surface area contributed by atoms with Crippen molar-refractivity contribution < 1.29 is 4.39 Å². The van der Waals surface area contributed by atoms with Crippen LogP contribution in [0.5, 0.6) is 0 Å². The van der Waals surface area contributed by atoms with Gasteiger partial charge in [0.1, 0.15) is 0 Å². The van der Waals surface area contributed by atoms with Crippen molar-refractivity contribution in [2.75, 3.05) is 25.7 Å². The summed E-state index contributed by atoms with van der Waals surface area (Å²) in [6.45, 7) is -0.424. The summed E-state index contributed by atoms with van der Waals surface area (Å²) in [5, 5.41) is 0.599. The Morgan fingerprint density at radius 3 is 2.50 bits per heavy atom. The van der Waals surface area contributed by atoms with E-state index < -0.39 is 6.67 Å². The summed E-state index contributed by atoms with van der Waals surface area (Å²) in [5.74, 6) is 0. The summed E-state index contributed by atoms with van der Waals surface area (Å²) >= 11 is 6.07. The molecule has 1 aromatic carbocycles. The molecule has 0 amide bonds. The molecule has 5 heteroatoms. The summed E-state index contributed by atoms with van der Waals surface area (Å²) in [6.07, 6.45) is 0.307. The molecule has 0 heterocycles. The highest BCUT2D eigenvalue weighted by Crippen LogP contribution is 2.27. The number of nitrogens with zero attached hydrogens (tertiary/aromatic N) is 1.